The molecular weight excluding hydrogens is 439 g/mol. The van der Waals surface area contributed by atoms with Crippen molar-refractivity contribution < 1.29 is 4.74 Å². The zero-order valence-electron chi connectivity index (χ0n) is 16.2. The van der Waals surface area contributed by atoms with Crippen LogP contribution in [-0.4, -0.2) is 23.6 Å². The monoisotopic (exact) mass is 468 g/mol. The summed E-state index contributed by atoms with van der Waals surface area (Å²) in [6.07, 6.45) is 0. The first-order chi connectivity index (χ1) is 11.9. The Hall–Kier alpha value is -1.83. The molecule has 0 aliphatic heterocycles. The summed E-state index contributed by atoms with van der Waals surface area (Å²) in [4.78, 5) is 8.76. The summed E-state index contributed by atoms with van der Waals surface area (Å²) in [6, 6.07) is 14.1. The molecule has 0 aliphatic carbocycles. The van der Waals surface area contributed by atoms with Crippen LogP contribution in [-0.2, 0) is 13.1 Å². The van der Waals surface area contributed by atoms with E-state index in [1.165, 1.54) is 0 Å². The van der Waals surface area contributed by atoms with Gasteiger partial charge < -0.3 is 15.4 Å². The topological polar surface area (TPSA) is 58.5 Å². The highest BCUT2D eigenvalue weighted by atomic mass is 127. The third-order valence-electron chi connectivity index (χ3n) is 3.44. The van der Waals surface area contributed by atoms with E-state index in [0.29, 0.717) is 13.1 Å². The van der Waals surface area contributed by atoms with Gasteiger partial charge >= 0.3 is 0 Å². The number of ether oxygens (including phenoxy) is 1. The van der Waals surface area contributed by atoms with Crippen LogP contribution in [0.1, 0.15) is 37.7 Å². The Labute approximate surface area is 173 Å². The Bertz CT molecular complexity index is 726. The molecule has 1 aromatic heterocycles. The van der Waals surface area contributed by atoms with E-state index in [4.69, 9.17) is 4.74 Å². The number of halogens is 1. The summed E-state index contributed by atoms with van der Waals surface area (Å²) in [7, 11) is 1.76. The zero-order chi connectivity index (χ0) is 18.3. The van der Waals surface area contributed by atoms with Crippen LogP contribution in [0.4, 0.5) is 0 Å². The maximum Gasteiger partial charge on any atom is 0.191 e. The Kier molecular flexibility index (Phi) is 8.84. The fraction of sp³-hybridized carbons (Fsp3) is 0.400. The van der Waals surface area contributed by atoms with Gasteiger partial charge in [0.2, 0.25) is 0 Å². The minimum Gasteiger partial charge on any atom is -0.488 e. The number of hydrogen-bond donors (Lipinski definition) is 2. The van der Waals surface area contributed by atoms with Gasteiger partial charge in [0.25, 0.3) is 0 Å². The van der Waals surface area contributed by atoms with Crippen molar-refractivity contribution in [3.63, 3.8) is 0 Å². The molecular formula is C20H29IN4O. The lowest BCUT2D eigenvalue weighted by Crippen LogP contribution is -2.36. The van der Waals surface area contributed by atoms with E-state index in [2.05, 4.69) is 26.7 Å². The van der Waals surface area contributed by atoms with Crippen LogP contribution in [0.3, 0.4) is 0 Å². The summed E-state index contributed by atoms with van der Waals surface area (Å²) in [5.41, 5.74) is 2.86. The largest absolute Gasteiger partial charge is 0.488 e. The average molecular weight is 468 g/mol. The molecule has 0 unspecified atom stereocenters. The molecule has 1 heterocycles. The van der Waals surface area contributed by atoms with Crippen LogP contribution in [0.25, 0.3) is 0 Å². The lowest BCUT2D eigenvalue weighted by molar-refractivity contribution is 0.129. The number of guanidine groups is 1. The predicted molar refractivity (Wildman–Crippen MR) is 118 cm³/mol. The maximum atomic E-state index is 6.03. The molecule has 142 valence electrons. The Balaban J connectivity index is 0.00000338. The van der Waals surface area contributed by atoms with Gasteiger partial charge in [-0.15, -0.1) is 24.0 Å². The van der Waals surface area contributed by atoms with E-state index in [-0.39, 0.29) is 29.6 Å². The smallest absolute Gasteiger partial charge is 0.191 e. The molecule has 2 aromatic rings. The molecule has 1 aromatic carbocycles. The van der Waals surface area contributed by atoms with Gasteiger partial charge in [0.15, 0.2) is 5.96 Å². The molecule has 0 spiro atoms. The maximum absolute atomic E-state index is 6.03. The standard InChI is InChI=1S/C20H28N4O.HI/c1-15-9-8-11-17(24-15)14-23-19(21-5)22-13-16-10-6-7-12-18(16)25-20(2,3)4;/h6-12H,13-14H2,1-5H3,(H2,21,22,23);1H. The first-order valence-electron chi connectivity index (χ1n) is 8.51. The summed E-state index contributed by atoms with van der Waals surface area (Å²) < 4.78 is 6.03. The Morgan fingerprint density at radius 2 is 1.73 bits per heavy atom. The van der Waals surface area contributed by atoms with Crippen LogP contribution in [0, 0.1) is 6.92 Å². The number of nitrogens with one attached hydrogen (secondary N) is 2. The number of aliphatic imine (C=N–C) groups is 1. The number of benzene rings is 1. The van der Waals surface area contributed by atoms with E-state index in [0.717, 1.165) is 28.7 Å². The second-order valence-electron chi connectivity index (χ2n) is 6.87. The molecule has 6 heteroatoms. The molecule has 0 bridgehead atoms. The predicted octanol–water partition coefficient (Wildman–Crippen LogP) is 4.05. The van der Waals surface area contributed by atoms with Gasteiger partial charge in [-0.3, -0.25) is 9.98 Å². The van der Waals surface area contributed by atoms with Crippen LogP contribution in [0.2, 0.25) is 0 Å². The molecule has 0 radical (unpaired) electrons. The minimum absolute atomic E-state index is 0. The van der Waals surface area contributed by atoms with Crippen LogP contribution < -0.4 is 15.4 Å². The number of hydrogen-bond acceptors (Lipinski definition) is 3. The van der Waals surface area contributed by atoms with Crippen molar-refractivity contribution in [2.45, 2.75) is 46.4 Å². The van der Waals surface area contributed by atoms with E-state index < -0.39 is 0 Å². The van der Waals surface area contributed by atoms with E-state index in [1.807, 2.05) is 64.1 Å². The molecule has 0 amide bonds. The van der Waals surface area contributed by atoms with Gasteiger partial charge in [0.1, 0.15) is 11.4 Å². The second-order valence-corrected chi connectivity index (χ2v) is 6.87. The number of para-hydroxylation sites is 1. The molecule has 0 saturated heterocycles. The van der Waals surface area contributed by atoms with Crippen molar-refractivity contribution in [3.05, 3.63) is 59.4 Å². The molecule has 2 rings (SSSR count). The molecule has 5 nitrogen and oxygen atoms in total. The lowest BCUT2D eigenvalue weighted by atomic mass is 10.1. The van der Waals surface area contributed by atoms with E-state index in [1.54, 1.807) is 7.05 Å². The molecule has 2 N–H and O–H groups in total. The Morgan fingerprint density at radius 3 is 2.38 bits per heavy atom. The highest BCUT2D eigenvalue weighted by Crippen LogP contribution is 2.22. The van der Waals surface area contributed by atoms with Gasteiger partial charge in [0.05, 0.1) is 12.2 Å². The van der Waals surface area contributed by atoms with Gasteiger partial charge in [-0.05, 0) is 45.9 Å². The SMILES string of the molecule is CN=C(NCc1cccc(C)n1)NCc1ccccc1OC(C)(C)C.I. The van der Waals surface area contributed by atoms with Crippen LogP contribution >= 0.6 is 24.0 Å². The summed E-state index contributed by atoms with van der Waals surface area (Å²) >= 11 is 0. The van der Waals surface area contributed by atoms with E-state index in [9.17, 15) is 0 Å². The van der Waals surface area contributed by atoms with Crippen molar-refractivity contribution in [1.29, 1.82) is 0 Å². The number of aryl methyl sites for hydroxylation is 1. The second kappa shape index (κ2) is 10.4. The molecule has 26 heavy (non-hydrogen) atoms. The highest BCUT2D eigenvalue weighted by Gasteiger charge is 2.14. The van der Waals surface area contributed by atoms with Crippen molar-refractivity contribution in [3.8, 4) is 5.75 Å². The summed E-state index contributed by atoms with van der Waals surface area (Å²) in [5, 5.41) is 6.61. The summed E-state index contributed by atoms with van der Waals surface area (Å²) in [5.74, 6) is 1.62. The number of rotatable bonds is 5. The number of nitrogens with zero attached hydrogens (tertiary/aromatic N) is 2. The fourth-order valence-corrected chi connectivity index (χ4v) is 2.35. The van der Waals surface area contributed by atoms with Crippen molar-refractivity contribution in [1.82, 2.24) is 15.6 Å². The van der Waals surface area contributed by atoms with Crippen molar-refractivity contribution in [2.75, 3.05) is 7.05 Å². The quantitative estimate of drug-likeness (QED) is 0.395. The highest BCUT2D eigenvalue weighted by molar-refractivity contribution is 14.0. The molecule has 0 saturated carbocycles. The van der Waals surface area contributed by atoms with E-state index >= 15 is 0 Å². The van der Waals surface area contributed by atoms with Crippen LogP contribution in [0.5, 0.6) is 5.75 Å². The lowest BCUT2D eigenvalue weighted by Gasteiger charge is -2.23. The summed E-state index contributed by atoms with van der Waals surface area (Å²) in [6.45, 7) is 9.39. The first-order valence-corrected chi connectivity index (χ1v) is 8.51. The Morgan fingerprint density at radius 1 is 1.04 bits per heavy atom. The van der Waals surface area contributed by atoms with Crippen molar-refractivity contribution >= 4 is 29.9 Å². The third-order valence-corrected chi connectivity index (χ3v) is 3.44. The number of aromatic nitrogens is 1. The van der Waals surface area contributed by atoms with Gasteiger partial charge in [0, 0.05) is 24.8 Å². The fourth-order valence-electron chi connectivity index (χ4n) is 2.35. The number of pyridine rings is 1. The van der Waals surface area contributed by atoms with Crippen molar-refractivity contribution in [2.24, 2.45) is 4.99 Å². The molecule has 0 aliphatic rings. The van der Waals surface area contributed by atoms with Gasteiger partial charge in [-0.25, -0.2) is 0 Å². The van der Waals surface area contributed by atoms with Gasteiger partial charge in [-0.1, -0.05) is 24.3 Å². The van der Waals surface area contributed by atoms with Gasteiger partial charge in [-0.2, -0.15) is 0 Å². The third kappa shape index (κ3) is 7.59. The van der Waals surface area contributed by atoms with Crippen LogP contribution in [0.15, 0.2) is 47.5 Å². The first kappa shape index (κ1) is 22.2. The molecule has 0 fully saturated rings. The average Bonchev–Trinajstić information content (AvgIpc) is 2.55. The molecule has 0 atom stereocenters. The minimum atomic E-state index is -0.229. The normalized spacial score (nSPS) is 11.5. The zero-order valence-corrected chi connectivity index (χ0v) is 18.5.